The molecular weight excluding hydrogens is 454 g/mol. The van der Waals surface area contributed by atoms with Crippen molar-refractivity contribution in [3.05, 3.63) is 39.9 Å². The maximum Gasteiger partial charge on any atom is 0.278 e. The van der Waals surface area contributed by atoms with Crippen LogP contribution in [0.25, 0.3) is 0 Å². The van der Waals surface area contributed by atoms with Gasteiger partial charge < -0.3 is 60.5 Å². The molecule has 10 atom stereocenters. The summed E-state index contributed by atoms with van der Waals surface area (Å²) in [7, 11) is 0. The first-order chi connectivity index (χ1) is 15.4. The SMILES string of the molecule is O=[N+]([O-])c1ccccc1[C@@]1(O)O[C@H](CO)[C@H](O)[C@H](O)[C@H]1O.OC[C@H]1OC(O)[C@H](O)[C@@H](O)[C@H]1O. The van der Waals surface area contributed by atoms with Gasteiger partial charge in [-0.2, -0.15) is 0 Å². The van der Waals surface area contributed by atoms with Gasteiger partial charge in [0.1, 0.15) is 48.8 Å². The molecule has 0 aromatic heterocycles. The zero-order valence-corrected chi connectivity index (χ0v) is 17.0. The van der Waals surface area contributed by atoms with Crippen molar-refractivity contribution in [2.75, 3.05) is 13.2 Å². The molecule has 1 aromatic rings. The second-order valence-corrected chi connectivity index (χ2v) is 7.46. The number of aliphatic hydroxyl groups excluding tert-OH is 9. The van der Waals surface area contributed by atoms with Crippen molar-refractivity contribution in [2.24, 2.45) is 0 Å². The van der Waals surface area contributed by atoms with Gasteiger partial charge in [-0.05, 0) is 6.07 Å². The molecule has 15 nitrogen and oxygen atoms in total. The summed E-state index contributed by atoms with van der Waals surface area (Å²) in [5.41, 5.74) is -0.911. The monoisotopic (exact) mass is 481 g/mol. The third-order valence-corrected chi connectivity index (χ3v) is 5.32. The molecular formula is C18H27NO14. The molecule has 1 aromatic carbocycles. The third-order valence-electron chi connectivity index (χ3n) is 5.32. The van der Waals surface area contributed by atoms with Crippen LogP contribution in [0, 0.1) is 10.1 Å². The minimum Gasteiger partial charge on any atom is -0.394 e. The van der Waals surface area contributed by atoms with E-state index in [4.69, 9.17) is 35.4 Å². The molecule has 0 aliphatic carbocycles. The Morgan fingerprint density at radius 1 is 0.848 bits per heavy atom. The van der Waals surface area contributed by atoms with Gasteiger partial charge in [-0.15, -0.1) is 0 Å². The largest absolute Gasteiger partial charge is 0.394 e. The summed E-state index contributed by atoms with van der Waals surface area (Å²) >= 11 is 0. The molecule has 0 amide bonds. The number of para-hydroxylation sites is 1. The molecule has 188 valence electrons. The second kappa shape index (κ2) is 11.0. The molecule has 10 N–H and O–H groups in total. The van der Waals surface area contributed by atoms with E-state index in [1.165, 1.54) is 12.1 Å². The van der Waals surface area contributed by atoms with E-state index in [-0.39, 0.29) is 5.56 Å². The lowest BCUT2D eigenvalue weighted by Gasteiger charge is -2.45. The van der Waals surface area contributed by atoms with Crippen LogP contribution in [0.4, 0.5) is 5.69 Å². The van der Waals surface area contributed by atoms with Crippen molar-refractivity contribution in [2.45, 2.75) is 60.9 Å². The summed E-state index contributed by atoms with van der Waals surface area (Å²) < 4.78 is 9.61. The van der Waals surface area contributed by atoms with Crippen molar-refractivity contribution in [1.29, 1.82) is 0 Å². The summed E-state index contributed by atoms with van der Waals surface area (Å²) in [5.74, 6) is -2.63. The summed E-state index contributed by atoms with van der Waals surface area (Å²) in [4.78, 5) is 10.2. The Morgan fingerprint density at radius 3 is 1.94 bits per heavy atom. The quantitative estimate of drug-likeness (QED) is 0.143. The van der Waals surface area contributed by atoms with Crippen molar-refractivity contribution >= 4 is 5.69 Å². The lowest BCUT2D eigenvalue weighted by molar-refractivity contribution is -0.396. The van der Waals surface area contributed by atoms with Gasteiger partial charge >= 0.3 is 0 Å². The minimum absolute atomic E-state index is 0.383. The standard InChI is InChI=1S/C12H15NO8.C6H12O6/c14-5-8-9(15)10(16)11(17)12(18,21-8)6-3-1-2-4-7(6)13(19)20;7-1-2-3(8)4(9)5(10)6(11)12-2/h1-4,8-11,14-18H,5H2;2-11H,1H2/t8-,9+,10+,11-,12-;2-,3+,4+,5-,6?/m11/s1. The molecule has 3 rings (SSSR count). The topological polar surface area (TPSA) is 264 Å². The Hall–Kier alpha value is -1.86. The Bertz CT molecular complexity index is 790. The zero-order valence-electron chi connectivity index (χ0n) is 17.0. The summed E-state index contributed by atoms with van der Waals surface area (Å²) in [6, 6.07) is 4.98. The van der Waals surface area contributed by atoms with Crippen molar-refractivity contribution < 1.29 is 65.5 Å². The number of nitro groups is 1. The normalized spacial score (nSPS) is 41.1. The molecule has 33 heavy (non-hydrogen) atoms. The Kier molecular flexibility index (Phi) is 9.16. The van der Waals surface area contributed by atoms with Crippen LogP contribution in [-0.2, 0) is 15.3 Å². The molecule has 2 heterocycles. The highest BCUT2D eigenvalue weighted by Crippen LogP contribution is 2.40. The van der Waals surface area contributed by atoms with Gasteiger partial charge in [0.25, 0.3) is 5.69 Å². The molecule has 2 aliphatic heterocycles. The minimum atomic E-state index is -2.63. The Morgan fingerprint density at radius 2 is 1.39 bits per heavy atom. The van der Waals surface area contributed by atoms with E-state index in [0.717, 1.165) is 12.1 Å². The van der Waals surface area contributed by atoms with E-state index in [1.807, 2.05) is 0 Å². The Balaban J connectivity index is 0.000000273. The maximum absolute atomic E-state index is 11.0. The fourth-order valence-corrected chi connectivity index (χ4v) is 3.39. The highest BCUT2D eigenvalue weighted by atomic mass is 16.7. The maximum atomic E-state index is 11.0. The van der Waals surface area contributed by atoms with Crippen LogP contribution in [0.2, 0.25) is 0 Å². The fraction of sp³-hybridized carbons (Fsp3) is 0.667. The average molecular weight is 481 g/mol. The van der Waals surface area contributed by atoms with Crippen LogP contribution in [0.1, 0.15) is 5.56 Å². The van der Waals surface area contributed by atoms with E-state index in [1.54, 1.807) is 0 Å². The molecule has 0 bridgehead atoms. The number of hydrogen-bond donors (Lipinski definition) is 10. The van der Waals surface area contributed by atoms with E-state index in [9.17, 15) is 30.5 Å². The van der Waals surface area contributed by atoms with Crippen molar-refractivity contribution in [3.8, 4) is 0 Å². The molecule has 0 spiro atoms. The van der Waals surface area contributed by atoms with Gasteiger partial charge in [-0.1, -0.05) is 12.1 Å². The van der Waals surface area contributed by atoms with Gasteiger partial charge in [-0.3, -0.25) is 10.1 Å². The van der Waals surface area contributed by atoms with Crippen LogP contribution >= 0.6 is 0 Å². The van der Waals surface area contributed by atoms with Crippen molar-refractivity contribution in [1.82, 2.24) is 0 Å². The molecule has 0 saturated carbocycles. The highest BCUT2D eigenvalue weighted by Gasteiger charge is 2.55. The van der Waals surface area contributed by atoms with Crippen LogP contribution in [0.3, 0.4) is 0 Å². The average Bonchev–Trinajstić information content (AvgIpc) is 2.81. The molecule has 2 fully saturated rings. The second-order valence-electron chi connectivity index (χ2n) is 7.46. The predicted molar refractivity (Wildman–Crippen MR) is 103 cm³/mol. The first-order valence-electron chi connectivity index (χ1n) is 9.68. The number of aliphatic hydroxyl groups is 10. The van der Waals surface area contributed by atoms with Gasteiger partial charge in [0.15, 0.2) is 6.29 Å². The van der Waals surface area contributed by atoms with Crippen LogP contribution in [-0.4, -0.2) is 124 Å². The smallest absolute Gasteiger partial charge is 0.278 e. The first kappa shape index (κ1) is 27.4. The van der Waals surface area contributed by atoms with Crippen LogP contribution in [0.5, 0.6) is 0 Å². The summed E-state index contributed by atoms with van der Waals surface area (Å²) in [5, 5.41) is 105. The molecule has 15 heteroatoms. The molecule has 2 aliphatic rings. The number of nitro benzene ring substituents is 1. The van der Waals surface area contributed by atoms with Crippen LogP contribution in [0.15, 0.2) is 24.3 Å². The zero-order chi connectivity index (χ0) is 25.1. The summed E-state index contributed by atoms with van der Waals surface area (Å²) in [6.07, 6.45) is -14.0. The van der Waals surface area contributed by atoms with E-state index in [0.29, 0.717) is 0 Å². The third kappa shape index (κ3) is 5.46. The van der Waals surface area contributed by atoms with E-state index >= 15 is 0 Å². The fourth-order valence-electron chi connectivity index (χ4n) is 3.39. The van der Waals surface area contributed by atoms with Crippen LogP contribution < -0.4 is 0 Å². The Labute approximate surface area is 186 Å². The van der Waals surface area contributed by atoms with Crippen molar-refractivity contribution in [3.63, 3.8) is 0 Å². The van der Waals surface area contributed by atoms with E-state index < -0.39 is 84.7 Å². The predicted octanol–water partition coefficient (Wildman–Crippen LogP) is -5.01. The number of ether oxygens (including phenoxy) is 2. The lowest BCUT2D eigenvalue weighted by Crippen LogP contribution is -2.63. The number of nitrogens with zero attached hydrogens (tertiary/aromatic N) is 1. The van der Waals surface area contributed by atoms with Gasteiger partial charge in [-0.25, -0.2) is 0 Å². The first-order valence-corrected chi connectivity index (χ1v) is 9.68. The molecule has 2 saturated heterocycles. The molecule has 0 radical (unpaired) electrons. The summed E-state index contributed by atoms with van der Waals surface area (Å²) in [6.45, 7) is -1.28. The van der Waals surface area contributed by atoms with Gasteiger partial charge in [0.05, 0.1) is 23.7 Å². The number of benzene rings is 1. The highest BCUT2D eigenvalue weighted by molar-refractivity contribution is 5.44. The lowest BCUT2D eigenvalue weighted by atomic mass is 9.87. The van der Waals surface area contributed by atoms with Gasteiger partial charge in [0, 0.05) is 6.07 Å². The number of rotatable bonds is 4. The molecule has 1 unspecified atom stereocenters. The number of hydrogen-bond acceptors (Lipinski definition) is 14. The van der Waals surface area contributed by atoms with Gasteiger partial charge in [0.2, 0.25) is 5.79 Å². The van der Waals surface area contributed by atoms with E-state index in [2.05, 4.69) is 4.74 Å².